The van der Waals surface area contributed by atoms with Gasteiger partial charge < -0.3 is 24.5 Å². The minimum atomic E-state index is 0.0945. The maximum atomic E-state index is 10.6. The van der Waals surface area contributed by atoms with E-state index in [-0.39, 0.29) is 5.88 Å². The highest BCUT2D eigenvalue weighted by Crippen LogP contribution is 2.37. The Morgan fingerprint density at radius 3 is 2.31 bits per heavy atom. The second-order valence-electron chi connectivity index (χ2n) is 7.01. The molecule has 0 bridgehead atoms. The Kier molecular flexibility index (Phi) is 6.44. The summed E-state index contributed by atoms with van der Waals surface area (Å²) in [4.78, 5) is 10.1. The fourth-order valence-electron chi connectivity index (χ4n) is 3.37. The lowest BCUT2D eigenvalue weighted by molar-refractivity contribution is 0.346. The number of H-pyrrole nitrogens is 1. The van der Waals surface area contributed by atoms with Gasteiger partial charge in [0, 0.05) is 18.0 Å². The summed E-state index contributed by atoms with van der Waals surface area (Å²) in [7, 11) is 5.29. The monoisotopic (exact) mass is 395 g/mol. The lowest BCUT2D eigenvalue weighted by Crippen LogP contribution is -2.16. The van der Waals surface area contributed by atoms with Gasteiger partial charge in [0.15, 0.2) is 17.4 Å². The Morgan fingerprint density at radius 1 is 1.07 bits per heavy atom. The maximum absolute atomic E-state index is 10.6. The van der Waals surface area contributed by atoms with Crippen molar-refractivity contribution in [3.63, 3.8) is 0 Å². The largest absolute Gasteiger partial charge is 0.494 e. The van der Waals surface area contributed by atoms with Crippen LogP contribution in [-0.2, 0) is 6.54 Å². The first-order chi connectivity index (χ1) is 14.0. The summed E-state index contributed by atoms with van der Waals surface area (Å²) in [6.07, 6.45) is 0.676. The third kappa shape index (κ3) is 4.38. The molecule has 2 N–H and O–H groups in total. The molecule has 29 heavy (non-hydrogen) atoms. The van der Waals surface area contributed by atoms with Crippen LogP contribution in [0.3, 0.4) is 0 Å². The number of aromatic hydroxyl groups is 1. The zero-order valence-electron chi connectivity index (χ0n) is 17.7. The van der Waals surface area contributed by atoms with Crippen molar-refractivity contribution in [1.82, 2.24) is 9.88 Å². The minimum Gasteiger partial charge on any atom is -0.494 e. The molecule has 0 spiro atoms. The van der Waals surface area contributed by atoms with Crippen molar-refractivity contribution in [1.29, 1.82) is 0 Å². The second-order valence-corrected chi connectivity index (χ2v) is 7.01. The number of ether oxygens (including phenoxy) is 2. The van der Waals surface area contributed by atoms with Crippen LogP contribution >= 0.6 is 0 Å². The summed E-state index contributed by atoms with van der Waals surface area (Å²) in [5.41, 5.74) is 4.38. The summed E-state index contributed by atoms with van der Waals surface area (Å²) >= 11 is 0. The van der Waals surface area contributed by atoms with Crippen LogP contribution in [0.2, 0.25) is 0 Å². The number of rotatable bonds is 8. The number of hydrogen-bond donors (Lipinski definition) is 2. The maximum Gasteiger partial charge on any atom is 0.198 e. The molecule has 0 saturated carbocycles. The summed E-state index contributed by atoms with van der Waals surface area (Å²) < 4.78 is 10.8. The SMILES string of the molecule is CCC(=Nc1ccc(CN(C)CC)cc1)c1c(O)[nH]c2cc(OC)c(OC)cc12. The molecule has 3 aromatic rings. The van der Waals surface area contributed by atoms with Crippen molar-refractivity contribution in [2.75, 3.05) is 27.8 Å². The van der Waals surface area contributed by atoms with Crippen LogP contribution in [0.15, 0.2) is 41.4 Å². The zero-order valence-corrected chi connectivity index (χ0v) is 17.7. The average Bonchev–Trinajstić information content (AvgIpc) is 3.06. The van der Waals surface area contributed by atoms with Gasteiger partial charge in [0.25, 0.3) is 0 Å². The summed E-state index contributed by atoms with van der Waals surface area (Å²) in [5.74, 6) is 1.31. The van der Waals surface area contributed by atoms with Gasteiger partial charge in [0.05, 0.1) is 36.7 Å². The first-order valence-electron chi connectivity index (χ1n) is 9.82. The molecule has 0 aliphatic rings. The average molecular weight is 396 g/mol. The van der Waals surface area contributed by atoms with Gasteiger partial charge in [-0.05, 0) is 43.8 Å². The van der Waals surface area contributed by atoms with E-state index in [9.17, 15) is 5.11 Å². The molecule has 0 amide bonds. The minimum absolute atomic E-state index is 0.0945. The zero-order chi connectivity index (χ0) is 21.0. The molecule has 0 aliphatic carbocycles. The van der Waals surface area contributed by atoms with E-state index in [1.165, 1.54) is 5.56 Å². The Balaban J connectivity index is 2.01. The molecule has 2 aromatic carbocycles. The quantitative estimate of drug-likeness (QED) is 0.534. The van der Waals surface area contributed by atoms with Crippen LogP contribution in [-0.4, -0.2) is 48.5 Å². The topological polar surface area (TPSA) is 70.1 Å². The standard InChI is InChI=1S/C23H29N3O3/c1-6-18(24-16-10-8-15(9-11-16)14-26(3)7-2)22-17-12-20(28-4)21(29-5)13-19(17)25-23(22)27/h8-13,25,27H,6-7,14H2,1-5H3. The van der Waals surface area contributed by atoms with E-state index in [0.717, 1.165) is 35.4 Å². The van der Waals surface area contributed by atoms with Gasteiger partial charge in [0.1, 0.15) is 0 Å². The predicted molar refractivity (Wildman–Crippen MR) is 118 cm³/mol. The van der Waals surface area contributed by atoms with E-state index >= 15 is 0 Å². The third-order valence-corrected chi connectivity index (χ3v) is 5.10. The number of aromatic nitrogens is 1. The molecule has 3 rings (SSSR count). The number of methoxy groups -OCH3 is 2. The van der Waals surface area contributed by atoms with Crippen molar-refractivity contribution < 1.29 is 14.6 Å². The van der Waals surface area contributed by atoms with Gasteiger partial charge in [-0.3, -0.25) is 4.99 Å². The Labute approximate surface area is 171 Å². The van der Waals surface area contributed by atoms with Gasteiger partial charge in [-0.25, -0.2) is 0 Å². The molecular weight excluding hydrogens is 366 g/mol. The molecule has 6 heteroatoms. The predicted octanol–water partition coefficient (Wildman–Crippen LogP) is 4.87. The van der Waals surface area contributed by atoms with E-state index < -0.39 is 0 Å². The van der Waals surface area contributed by atoms with E-state index in [2.05, 4.69) is 36.0 Å². The second kappa shape index (κ2) is 9.01. The highest BCUT2D eigenvalue weighted by molar-refractivity contribution is 6.14. The van der Waals surface area contributed by atoms with E-state index in [0.29, 0.717) is 23.5 Å². The van der Waals surface area contributed by atoms with Crippen LogP contribution in [0.25, 0.3) is 10.9 Å². The number of nitrogens with one attached hydrogen (secondary N) is 1. The smallest absolute Gasteiger partial charge is 0.198 e. The molecule has 6 nitrogen and oxygen atoms in total. The highest BCUT2D eigenvalue weighted by atomic mass is 16.5. The van der Waals surface area contributed by atoms with Crippen molar-refractivity contribution in [2.45, 2.75) is 26.8 Å². The summed E-state index contributed by atoms with van der Waals surface area (Å²) in [5, 5.41) is 11.4. The molecule has 0 aliphatic heterocycles. The van der Waals surface area contributed by atoms with Crippen molar-refractivity contribution in [2.24, 2.45) is 4.99 Å². The highest BCUT2D eigenvalue weighted by Gasteiger charge is 2.18. The van der Waals surface area contributed by atoms with E-state index in [1.54, 1.807) is 14.2 Å². The molecule has 0 unspecified atom stereocenters. The molecule has 0 atom stereocenters. The van der Waals surface area contributed by atoms with Gasteiger partial charge in [-0.2, -0.15) is 0 Å². The molecule has 0 radical (unpaired) electrons. The normalized spacial score (nSPS) is 12.0. The fourth-order valence-corrected chi connectivity index (χ4v) is 3.37. The lowest BCUT2D eigenvalue weighted by atomic mass is 10.1. The van der Waals surface area contributed by atoms with Crippen molar-refractivity contribution >= 4 is 22.3 Å². The van der Waals surface area contributed by atoms with Gasteiger partial charge in [-0.15, -0.1) is 0 Å². The first kappa shape index (κ1) is 20.7. The molecule has 154 valence electrons. The fraction of sp³-hybridized carbons (Fsp3) is 0.348. The summed E-state index contributed by atoms with van der Waals surface area (Å²) in [6, 6.07) is 11.9. The Bertz CT molecular complexity index is 1010. The van der Waals surface area contributed by atoms with Crippen LogP contribution in [0, 0.1) is 0 Å². The van der Waals surface area contributed by atoms with Gasteiger partial charge in [0.2, 0.25) is 0 Å². The van der Waals surface area contributed by atoms with Crippen LogP contribution in [0.5, 0.6) is 17.4 Å². The molecule has 1 aromatic heterocycles. The third-order valence-electron chi connectivity index (χ3n) is 5.10. The lowest BCUT2D eigenvalue weighted by Gasteiger charge is -2.13. The van der Waals surface area contributed by atoms with Gasteiger partial charge in [-0.1, -0.05) is 26.0 Å². The molecule has 0 saturated heterocycles. The number of benzene rings is 2. The Hall–Kier alpha value is -2.99. The number of nitrogens with zero attached hydrogens (tertiary/aromatic N) is 2. The molecular formula is C23H29N3O3. The van der Waals surface area contributed by atoms with Crippen molar-refractivity contribution in [3.8, 4) is 17.4 Å². The molecule has 0 fully saturated rings. The summed E-state index contributed by atoms with van der Waals surface area (Å²) in [6.45, 7) is 6.09. The number of aromatic amines is 1. The van der Waals surface area contributed by atoms with E-state index in [1.807, 2.05) is 31.2 Å². The van der Waals surface area contributed by atoms with Crippen LogP contribution < -0.4 is 9.47 Å². The van der Waals surface area contributed by atoms with Gasteiger partial charge >= 0.3 is 0 Å². The number of hydrogen-bond acceptors (Lipinski definition) is 5. The van der Waals surface area contributed by atoms with Crippen LogP contribution in [0.4, 0.5) is 5.69 Å². The number of aliphatic imine (C=N–C) groups is 1. The number of fused-ring (bicyclic) bond motifs is 1. The van der Waals surface area contributed by atoms with E-state index in [4.69, 9.17) is 14.5 Å². The first-order valence-corrected chi connectivity index (χ1v) is 9.82. The molecule has 1 heterocycles. The van der Waals surface area contributed by atoms with Crippen molar-refractivity contribution in [3.05, 3.63) is 47.5 Å². The van der Waals surface area contributed by atoms with Crippen LogP contribution in [0.1, 0.15) is 31.4 Å². The Morgan fingerprint density at radius 2 is 1.72 bits per heavy atom.